The Kier molecular flexibility index (Phi) is 6.09. The van der Waals surface area contributed by atoms with Gasteiger partial charge >= 0.3 is 5.97 Å². The minimum Gasteiger partial charge on any atom is -0.480 e. The monoisotopic (exact) mass is 211 g/mol. The van der Waals surface area contributed by atoms with Crippen molar-refractivity contribution in [3.63, 3.8) is 0 Å². The van der Waals surface area contributed by atoms with Crippen molar-refractivity contribution in [2.75, 3.05) is 0 Å². The molecule has 0 atom stereocenters. The lowest BCUT2D eigenvalue weighted by Crippen LogP contribution is -2.25. The largest absolute Gasteiger partial charge is 0.480 e. The van der Waals surface area contributed by atoms with Gasteiger partial charge in [-0.1, -0.05) is 26.8 Å². The lowest BCUT2D eigenvalue weighted by atomic mass is 10.2. The zero-order chi connectivity index (χ0) is 11.8. The molecule has 0 radical (unpaired) electrons. The molecule has 0 bridgehead atoms. The standard InChI is InChI=1S/C9H11NO3.C2H6/c1-2-7-4-3-5-10(9(7)13)6-8(11)12;1-2/h3-5H,2,6H2,1H3,(H,11,12);1-2H3. The average molecular weight is 211 g/mol. The Labute approximate surface area is 89.2 Å². The minimum absolute atomic E-state index is 0.215. The number of carboxylic acid groups (broad SMARTS) is 1. The molecule has 1 heterocycles. The van der Waals surface area contributed by atoms with E-state index in [9.17, 15) is 9.59 Å². The van der Waals surface area contributed by atoms with E-state index in [1.54, 1.807) is 12.1 Å². The molecule has 84 valence electrons. The summed E-state index contributed by atoms with van der Waals surface area (Å²) in [5, 5.41) is 8.50. The fourth-order valence-corrected chi connectivity index (χ4v) is 1.13. The Morgan fingerprint density at radius 2 is 2.07 bits per heavy atom. The van der Waals surface area contributed by atoms with Gasteiger partial charge in [-0.3, -0.25) is 9.59 Å². The highest BCUT2D eigenvalue weighted by Gasteiger charge is 2.03. The zero-order valence-electron chi connectivity index (χ0n) is 9.36. The van der Waals surface area contributed by atoms with E-state index in [2.05, 4.69) is 0 Å². The van der Waals surface area contributed by atoms with E-state index in [4.69, 9.17) is 5.11 Å². The highest BCUT2D eigenvalue weighted by atomic mass is 16.4. The number of aliphatic carboxylic acids is 1. The van der Waals surface area contributed by atoms with Crippen LogP contribution in [-0.2, 0) is 17.8 Å². The first kappa shape index (κ1) is 13.4. The highest BCUT2D eigenvalue weighted by molar-refractivity contribution is 5.66. The fraction of sp³-hybridized carbons (Fsp3) is 0.455. The van der Waals surface area contributed by atoms with Gasteiger partial charge in [0.05, 0.1) is 0 Å². The average Bonchev–Trinajstić information content (AvgIpc) is 2.23. The third kappa shape index (κ3) is 3.97. The highest BCUT2D eigenvalue weighted by Crippen LogP contribution is 1.92. The van der Waals surface area contributed by atoms with E-state index < -0.39 is 5.97 Å². The Balaban J connectivity index is 0.000000921. The molecule has 0 aliphatic rings. The summed E-state index contributed by atoms with van der Waals surface area (Å²) < 4.78 is 1.20. The third-order valence-electron chi connectivity index (χ3n) is 1.79. The van der Waals surface area contributed by atoms with Gasteiger partial charge < -0.3 is 9.67 Å². The summed E-state index contributed by atoms with van der Waals surface area (Å²) in [7, 11) is 0. The first-order valence-electron chi connectivity index (χ1n) is 5.05. The van der Waals surface area contributed by atoms with Crippen molar-refractivity contribution in [2.45, 2.75) is 33.7 Å². The molecule has 0 aromatic carbocycles. The Morgan fingerprint density at radius 1 is 1.47 bits per heavy atom. The van der Waals surface area contributed by atoms with E-state index in [0.29, 0.717) is 12.0 Å². The number of aryl methyl sites for hydroxylation is 1. The maximum Gasteiger partial charge on any atom is 0.323 e. The number of carboxylic acids is 1. The molecule has 0 amide bonds. The molecule has 1 N–H and O–H groups in total. The summed E-state index contributed by atoms with van der Waals surface area (Å²) >= 11 is 0. The van der Waals surface area contributed by atoms with E-state index in [0.717, 1.165) is 0 Å². The summed E-state index contributed by atoms with van der Waals surface area (Å²) in [6.07, 6.45) is 2.11. The van der Waals surface area contributed by atoms with Crippen LogP contribution in [0.2, 0.25) is 0 Å². The first-order chi connectivity index (χ1) is 7.15. The van der Waals surface area contributed by atoms with Gasteiger partial charge in [-0.2, -0.15) is 0 Å². The van der Waals surface area contributed by atoms with Gasteiger partial charge in [0, 0.05) is 11.8 Å². The van der Waals surface area contributed by atoms with Gasteiger partial charge in [0.15, 0.2) is 0 Å². The fourth-order valence-electron chi connectivity index (χ4n) is 1.13. The smallest absolute Gasteiger partial charge is 0.323 e. The maximum absolute atomic E-state index is 11.4. The normalized spacial score (nSPS) is 9.00. The van der Waals surface area contributed by atoms with Crippen LogP contribution in [0.3, 0.4) is 0 Å². The topological polar surface area (TPSA) is 59.3 Å². The molecule has 0 unspecified atom stereocenters. The molecule has 0 saturated heterocycles. The molecule has 1 rings (SSSR count). The summed E-state index contributed by atoms with van der Waals surface area (Å²) in [5.74, 6) is -1.00. The van der Waals surface area contributed by atoms with Crippen molar-refractivity contribution < 1.29 is 9.90 Å². The predicted molar refractivity (Wildman–Crippen MR) is 59.1 cm³/mol. The minimum atomic E-state index is -1.00. The van der Waals surface area contributed by atoms with Crippen LogP contribution in [0.5, 0.6) is 0 Å². The van der Waals surface area contributed by atoms with Crippen molar-refractivity contribution in [2.24, 2.45) is 0 Å². The number of carbonyl (C=O) groups is 1. The van der Waals surface area contributed by atoms with Crippen molar-refractivity contribution >= 4 is 5.97 Å². The van der Waals surface area contributed by atoms with Crippen LogP contribution in [0.25, 0.3) is 0 Å². The van der Waals surface area contributed by atoms with Crippen LogP contribution in [0.15, 0.2) is 23.1 Å². The van der Waals surface area contributed by atoms with Gasteiger partial charge in [0.1, 0.15) is 6.54 Å². The molecular formula is C11H17NO3. The van der Waals surface area contributed by atoms with E-state index in [1.165, 1.54) is 10.8 Å². The van der Waals surface area contributed by atoms with Crippen LogP contribution in [0, 0.1) is 0 Å². The number of pyridine rings is 1. The zero-order valence-corrected chi connectivity index (χ0v) is 9.36. The van der Waals surface area contributed by atoms with Gasteiger partial charge in [-0.25, -0.2) is 0 Å². The first-order valence-corrected chi connectivity index (χ1v) is 5.05. The van der Waals surface area contributed by atoms with Crippen LogP contribution < -0.4 is 5.56 Å². The van der Waals surface area contributed by atoms with E-state index in [1.807, 2.05) is 20.8 Å². The lowest BCUT2D eigenvalue weighted by molar-refractivity contribution is -0.137. The molecule has 0 saturated carbocycles. The van der Waals surface area contributed by atoms with Crippen LogP contribution in [0.4, 0.5) is 0 Å². The molecule has 0 aliphatic heterocycles. The second-order valence-corrected chi connectivity index (χ2v) is 2.71. The van der Waals surface area contributed by atoms with Crippen LogP contribution in [-0.4, -0.2) is 15.6 Å². The number of nitrogens with zero attached hydrogens (tertiary/aromatic N) is 1. The van der Waals surface area contributed by atoms with Crippen LogP contribution in [0.1, 0.15) is 26.3 Å². The second-order valence-electron chi connectivity index (χ2n) is 2.71. The SMILES string of the molecule is CC.CCc1cccn(CC(=O)O)c1=O. The molecule has 0 fully saturated rings. The van der Waals surface area contributed by atoms with Crippen molar-refractivity contribution in [1.82, 2.24) is 4.57 Å². The maximum atomic E-state index is 11.4. The third-order valence-corrected chi connectivity index (χ3v) is 1.79. The van der Waals surface area contributed by atoms with Crippen molar-refractivity contribution in [1.29, 1.82) is 0 Å². The summed E-state index contributed by atoms with van der Waals surface area (Å²) in [6, 6.07) is 3.39. The quantitative estimate of drug-likeness (QED) is 0.824. The molecule has 1 aromatic heterocycles. The van der Waals surface area contributed by atoms with E-state index >= 15 is 0 Å². The molecule has 0 spiro atoms. The van der Waals surface area contributed by atoms with Crippen molar-refractivity contribution in [3.8, 4) is 0 Å². The van der Waals surface area contributed by atoms with Gasteiger partial charge in [0.2, 0.25) is 0 Å². The molecule has 0 aliphatic carbocycles. The Bertz CT molecular complexity index is 368. The molecular weight excluding hydrogens is 194 g/mol. The number of aromatic nitrogens is 1. The molecule has 4 nitrogen and oxygen atoms in total. The lowest BCUT2D eigenvalue weighted by Gasteiger charge is -2.02. The van der Waals surface area contributed by atoms with Crippen LogP contribution >= 0.6 is 0 Å². The van der Waals surface area contributed by atoms with Crippen molar-refractivity contribution in [3.05, 3.63) is 34.2 Å². The van der Waals surface area contributed by atoms with Gasteiger partial charge in [-0.05, 0) is 12.5 Å². The Morgan fingerprint density at radius 3 is 2.53 bits per heavy atom. The second kappa shape index (κ2) is 6.81. The molecule has 4 heteroatoms. The molecule has 15 heavy (non-hydrogen) atoms. The van der Waals surface area contributed by atoms with Gasteiger partial charge in [-0.15, -0.1) is 0 Å². The number of hydrogen-bond donors (Lipinski definition) is 1. The van der Waals surface area contributed by atoms with Gasteiger partial charge in [0.25, 0.3) is 5.56 Å². The Hall–Kier alpha value is -1.58. The number of hydrogen-bond acceptors (Lipinski definition) is 2. The summed E-state index contributed by atoms with van der Waals surface area (Å²) in [4.78, 5) is 21.8. The summed E-state index contributed by atoms with van der Waals surface area (Å²) in [6.45, 7) is 5.59. The van der Waals surface area contributed by atoms with E-state index in [-0.39, 0.29) is 12.1 Å². The summed E-state index contributed by atoms with van der Waals surface area (Å²) in [5.41, 5.74) is 0.427. The molecule has 1 aromatic rings. The number of rotatable bonds is 3. The predicted octanol–water partition coefficient (Wildman–Crippen LogP) is 1.52.